The van der Waals surface area contributed by atoms with Crippen LogP contribution >= 0.6 is 34.7 Å². The summed E-state index contributed by atoms with van der Waals surface area (Å²) in [5, 5.41) is 6.01. The maximum atomic E-state index is 12.8. The molecule has 3 aromatic heterocycles. The topological polar surface area (TPSA) is 63.9 Å². The molecule has 0 unspecified atom stereocenters. The third-order valence-electron chi connectivity index (χ3n) is 4.34. The van der Waals surface area contributed by atoms with Gasteiger partial charge >= 0.3 is 0 Å². The Balaban J connectivity index is 1.50. The zero-order chi connectivity index (χ0) is 20.9. The Morgan fingerprint density at radius 3 is 2.80 bits per heavy atom. The van der Waals surface area contributed by atoms with Gasteiger partial charge in [-0.25, -0.2) is 14.6 Å². The smallest absolute Gasteiger partial charge is 0.233 e. The van der Waals surface area contributed by atoms with E-state index < -0.39 is 0 Å². The summed E-state index contributed by atoms with van der Waals surface area (Å²) in [4.78, 5) is 24.4. The van der Waals surface area contributed by atoms with Crippen LogP contribution in [0.4, 0.5) is 0 Å². The number of nitrogens with zero attached hydrogens (tertiary/aromatic N) is 5. The van der Waals surface area contributed by atoms with Crippen molar-refractivity contribution in [1.29, 1.82) is 0 Å². The van der Waals surface area contributed by atoms with Crippen LogP contribution in [-0.2, 0) is 11.3 Å². The van der Waals surface area contributed by atoms with Crippen molar-refractivity contribution in [1.82, 2.24) is 24.6 Å². The molecule has 0 aliphatic heterocycles. The largest absolute Gasteiger partial charge is 0.333 e. The van der Waals surface area contributed by atoms with E-state index in [0.29, 0.717) is 23.1 Å². The number of rotatable bonds is 8. The minimum atomic E-state index is 0.00614. The monoisotopic (exact) mass is 455 g/mol. The van der Waals surface area contributed by atoms with E-state index in [1.807, 2.05) is 42.5 Å². The van der Waals surface area contributed by atoms with Crippen LogP contribution in [0.1, 0.15) is 4.88 Å². The number of thioether (sulfide) groups is 1. The lowest BCUT2D eigenvalue weighted by Crippen LogP contribution is -2.31. The lowest BCUT2D eigenvalue weighted by Gasteiger charge is -2.20. The van der Waals surface area contributed by atoms with Crippen LogP contribution in [0.3, 0.4) is 0 Å². The van der Waals surface area contributed by atoms with E-state index in [1.165, 1.54) is 29.4 Å². The summed E-state index contributed by atoms with van der Waals surface area (Å²) in [5.74, 6) is 0.266. The van der Waals surface area contributed by atoms with Crippen LogP contribution in [0.2, 0.25) is 4.34 Å². The molecule has 0 aliphatic carbocycles. The molecule has 0 N–H and O–H groups in total. The van der Waals surface area contributed by atoms with Gasteiger partial charge in [0.05, 0.1) is 33.9 Å². The number of carbonyl (C=O) groups is 1. The SMILES string of the molecule is C=CCN(Cc1ccc(Cl)s1)C(=O)CSc1ncnc2c1cnn2-c1ccccc1. The lowest BCUT2D eigenvalue weighted by molar-refractivity contribution is -0.128. The molecule has 0 fully saturated rings. The van der Waals surface area contributed by atoms with Gasteiger partial charge in [0.15, 0.2) is 5.65 Å². The number of thiophene rings is 1. The maximum Gasteiger partial charge on any atom is 0.233 e. The molecule has 1 aromatic carbocycles. The number of fused-ring (bicyclic) bond motifs is 1. The fraction of sp³-hybridized carbons (Fsp3) is 0.143. The molecule has 152 valence electrons. The number of hydrogen-bond acceptors (Lipinski definition) is 6. The molecule has 0 spiro atoms. The van der Waals surface area contributed by atoms with Gasteiger partial charge < -0.3 is 4.90 Å². The second kappa shape index (κ2) is 9.42. The third kappa shape index (κ3) is 4.56. The molecule has 0 aliphatic rings. The average Bonchev–Trinajstić information content (AvgIpc) is 3.38. The molecule has 0 saturated carbocycles. The molecule has 0 radical (unpaired) electrons. The molecule has 4 aromatic rings. The number of carbonyl (C=O) groups excluding carboxylic acids is 1. The highest BCUT2D eigenvalue weighted by Crippen LogP contribution is 2.27. The van der Waals surface area contributed by atoms with Gasteiger partial charge in [-0.3, -0.25) is 4.79 Å². The molecule has 3 heterocycles. The van der Waals surface area contributed by atoms with E-state index >= 15 is 0 Å². The fourth-order valence-corrected chi connectivity index (χ4v) is 4.92. The number of benzene rings is 1. The summed E-state index contributed by atoms with van der Waals surface area (Å²) in [7, 11) is 0. The first-order chi connectivity index (χ1) is 14.7. The average molecular weight is 456 g/mol. The minimum Gasteiger partial charge on any atom is -0.333 e. The molecule has 0 bridgehead atoms. The first kappa shape index (κ1) is 20.6. The zero-order valence-electron chi connectivity index (χ0n) is 15.9. The molecule has 0 saturated heterocycles. The van der Waals surface area contributed by atoms with Crippen LogP contribution in [-0.4, -0.2) is 42.9 Å². The van der Waals surface area contributed by atoms with E-state index in [4.69, 9.17) is 11.6 Å². The molecule has 6 nitrogen and oxygen atoms in total. The highest BCUT2D eigenvalue weighted by molar-refractivity contribution is 8.00. The van der Waals surface area contributed by atoms with Crippen molar-refractivity contribution >= 4 is 51.6 Å². The normalized spacial score (nSPS) is 11.0. The molecule has 0 atom stereocenters. The van der Waals surface area contributed by atoms with Crippen molar-refractivity contribution in [3.05, 3.63) is 76.9 Å². The first-order valence-corrected chi connectivity index (χ1v) is 11.3. The summed E-state index contributed by atoms with van der Waals surface area (Å²) in [5.41, 5.74) is 1.63. The van der Waals surface area contributed by atoms with E-state index in [0.717, 1.165) is 21.0 Å². The molecule has 1 amide bonds. The second-order valence-corrected chi connectivity index (χ2v) is 9.13. The van der Waals surface area contributed by atoms with Gasteiger partial charge in [-0.2, -0.15) is 5.10 Å². The van der Waals surface area contributed by atoms with Crippen molar-refractivity contribution in [2.75, 3.05) is 12.3 Å². The Kier molecular flexibility index (Phi) is 6.47. The van der Waals surface area contributed by atoms with Crippen LogP contribution in [0.25, 0.3) is 16.7 Å². The van der Waals surface area contributed by atoms with Crippen molar-refractivity contribution < 1.29 is 4.79 Å². The molecular formula is C21H18ClN5OS2. The number of amides is 1. The Morgan fingerprint density at radius 1 is 1.23 bits per heavy atom. The fourth-order valence-electron chi connectivity index (χ4n) is 2.95. The van der Waals surface area contributed by atoms with E-state index in [9.17, 15) is 4.79 Å². The summed E-state index contributed by atoms with van der Waals surface area (Å²) >= 11 is 8.87. The molecule has 30 heavy (non-hydrogen) atoms. The van der Waals surface area contributed by atoms with E-state index in [2.05, 4.69) is 21.6 Å². The highest BCUT2D eigenvalue weighted by atomic mass is 35.5. The lowest BCUT2D eigenvalue weighted by atomic mass is 10.3. The molecule has 4 rings (SSSR count). The predicted molar refractivity (Wildman–Crippen MR) is 122 cm³/mol. The van der Waals surface area contributed by atoms with Gasteiger partial charge in [0.2, 0.25) is 5.91 Å². The summed E-state index contributed by atoms with van der Waals surface area (Å²) in [6, 6.07) is 13.6. The first-order valence-electron chi connectivity index (χ1n) is 9.15. The highest BCUT2D eigenvalue weighted by Gasteiger charge is 2.17. The summed E-state index contributed by atoms with van der Waals surface area (Å²) < 4.78 is 2.48. The third-order valence-corrected chi connectivity index (χ3v) is 6.55. The van der Waals surface area contributed by atoms with Gasteiger partial charge in [0.25, 0.3) is 0 Å². The standard InChI is InChI=1S/C21H18ClN5OS2/c1-2-10-26(12-16-8-9-18(22)30-16)19(28)13-29-21-17-11-25-27(20(17)23-14-24-21)15-6-4-3-5-7-15/h2-9,11,14H,1,10,12-13H2. The number of para-hydroxylation sites is 1. The van der Waals surface area contributed by atoms with Crippen molar-refractivity contribution in [3.63, 3.8) is 0 Å². The quantitative estimate of drug-likeness (QED) is 0.216. The van der Waals surface area contributed by atoms with Gasteiger partial charge in [-0.1, -0.05) is 47.6 Å². The van der Waals surface area contributed by atoms with Crippen molar-refractivity contribution in [2.45, 2.75) is 11.6 Å². The van der Waals surface area contributed by atoms with Gasteiger partial charge in [-0.15, -0.1) is 17.9 Å². The molecular weight excluding hydrogens is 438 g/mol. The summed E-state index contributed by atoms with van der Waals surface area (Å²) in [6.45, 7) is 4.75. The van der Waals surface area contributed by atoms with Crippen molar-refractivity contribution in [3.8, 4) is 5.69 Å². The summed E-state index contributed by atoms with van der Waals surface area (Å²) in [6.07, 6.45) is 4.97. The van der Waals surface area contributed by atoms with Gasteiger partial charge in [0, 0.05) is 11.4 Å². The number of aromatic nitrogens is 4. The number of hydrogen-bond donors (Lipinski definition) is 0. The number of halogens is 1. The molecule has 9 heteroatoms. The minimum absolute atomic E-state index is 0.00614. The van der Waals surface area contributed by atoms with Crippen molar-refractivity contribution in [2.24, 2.45) is 0 Å². The van der Waals surface area contributed by atoms with Crippen LogP contribution in [0.5, 0.6) is 0 Å². The Hall–Kier alpha value is -2.68. The second-order valence-electron chi connectivity index (χ2n) is 6.37. The van der Waals surface area contributed by atoms with Crippen LogP contribution in [0, 0.1) is 0 Å². The van der Waals surface area contributed by atoms with Crippen LogP contribution < -0.4 is 0 Å². The Labute approximate surface area is 187 Å². The Morgan fingerprint density at radius 2 is 2.07 bits per heavy atom. The Bertz CT molecular complexity index is 1170. The van der Waals surface area contributed by atoms with E-state index in [1.54, 1.807) is 21.9 Å². The zero-order valence-corrected chi connectivity index (χ0v) is 18.3. The van der Waals surface area contributed by atoms with E-state index in [-0.39, 0.29) is 11.7 Å². The van der Waals surface area contributed by atoms with Gasteiger partial charge in [-0.05, 0) is 24.3 Å². The predicted octanol–water partition coefficient (Wildman–Crippen LogP) is 4.84. The maximum absolute atomic E-state index is 12.8. The van der Waals surface area contributed by atoms with Crippen LogP contribution in [0.15, 0.2) is 72.7 Å². The van der Waals surface area contributed by atoms with Gasteiger partial charge in [0.1, 0.15) is 11.4 Å².